The van der Waals surface area contributed by atoms with Gasteiger partial charge in [-0.2, -0.15) is 4.98 Å². The summed E-state index contributed by atoms with van der Waals surface area (Å²) in [4.78, 5) is 18.3. The van der Waals surface area contributed by atoms with Crippen molar-refractivity contribution in [1.82, 2.24) is 9.97 Å². The standard InChI is InChI=1S/C13H13IN2O2/c1-6-4-8(3)9(5-7(6)2)11-15-12(17)10(14)13(18)16-11/h4-5H,1-3H3,(H2,15,16,17,18). The summed E-state index contributed by atoms with van der Waals surface area (Å²) in [6.45, 7) is 5.99. The van der Waals surface area contributed by atoms with E-state index < -0.39 is 0 Å². The van der Waals surface area contributed by atoms with Crippen LogP contribution < -0.4 is 5.56 Å². The molecule has 0 aliphatic heterocycles. The van der Waals surface area contributed by atoms with Crippen molar-refractivity contribution in [2.24, 2.45) is 0 Å². The molecule has 0 bridgehead atoms. The summed E-state index contributed by atoms with van der Waals surface area (Å²) in [5.74, 6) is 0.172. The largest absolute Gasteiger partial charge is 0.492 e. The maximum atomic E-state index is 11.6. The zero-order valence-corrected chi connectivity index (χ0v) is 12.5. The average Bonchev–Trinajstić information content (AvgIpc) is 2.30. The first-order chi connectivity index (χ1) is 8.40. The number of nitrogens with zero attached hydrogens (tertiary/aromatic N) is 1. The highest BCUT2D eigenvalue weighted by molar-refractivity contribution is 14.1. The summed E-state index contributed by atoms with van der Waals surface area (Å²) >= 11 is 1.77. The monoisotopic (exact) mass is 356 g/mol. The molecule has 18 heavy (non-hydrogen) atoms. The lowest BCUT2D eigenvalue weighted by atomic mass is 10.0. The van der Waals surface area contributed by atoms with Crippen molar-refractivity contribution in [1.29, 1.82) is 0 Å². The molecule has 0 aliphatic rings. The second kappa shape index (κ2) is 4.72. The summed E-state index contributed by atoms with van der Waals surface area (Å²) in [7, 11) is 0. The van der Waals surface area contributed by atoms with E-state index in [0.29, 0.717) is 5.82 Å². The number of hydrogen-bond acceptors (Lipinski definition) is 3. The normalized spacial score (nSPS) is 10.7. The first-order valence-corrected chi connectivity index (χ1v) is 6.55. The molecule has 1 aromatic carbocycles. The van der Waals surface area contributed by atoms with Crippen LogP contribution in [0.1, 0.15) is 16.7 Å². The predicted molar refractivity (Wildman–Crippen MR) is 78.9 cm³/mol. The quantitative estimate of drug-likeness (QED) is 0.773. The highest BCUT2D eigenvalue weighted by Crippen LogP contribution is 2.24. The maximum Gasteiger partial charge on any atom is 0.268 e. The van der Waals surface area contributed by atoms with Crippen LogP contribution in [0, 0.1) is 24.3 Å². The van der Waals surface area contributed by atoms with E-state index in [1.165, 1.54) is 5.56 Å². The van der Waals surface area contributed by atoms with Crippen LogP contribution in [-0.2, 0) is 0 Å². The molecule has 2 aromatic rings. The van der Waals surface area contributed by atoms with Crippen LogP contribution in [0.15, 0.2) is 16.9 Å². The number of benzene rings is 1. The molecule has 0 saturated carbocycles. The van der Waals surface area contributed by atoms with Crippen LogP contribution >= 0.6 is 22.6 Å². The summed E-state index contributed by atoms with van der Waals surface area (Å²) in [6, 6.07) is 4.01. The molecule has 2 N–H and O–H groups in total. The van der Waals surface area contributed by atoms with Crippen LogP contribution in [0.2, 0.25) is 0 Å². The lowest BCUT2D eigenvalue weighted by Gasteiger charge is -2.09. The molecule has 0 radical (unpaired) electrons. The number of aromatic nitrogens is 2. The third-order valence-electron chi connectivity index (χ3n) is 2.94. The summed E-state index contributed by atoms with van der Waals surface area (Å²) in [5, 5.41) is 9.62. The van der Waals surface area contributed by atoms with E-state index in [0.717, 1.165) is 16.7 Å². The maximum absolute atomic E-state index is 11.6. The Morgan fingerprint density at radius 2 is 1.78 bits per heavy atom. The highest BCUT2D eigenvalue weighted by Gasteiger charge is 2.11. The minimum Gasteiger partial charge on any atom is -0.492 e. The van der Waals surface area contributed by atoms with Gasteiger partial charge in [0, 0.05) is 5.56 Å². The SMILES string of the molecule is Cc1cc(C)c(-c2nc(O)c(I)c(=O)[nH]2)cc1C. The lowest BCUT2D eigenvalue weighted by Crippen LogP contribution is -2.12. The van der Waals surface area contributed by atoms with E-state index in [-0.39, 0.29) is 15.0 Å². The molecule has 0 amide bonds. The van der Waals surface area contributed by atoms with Crippen LogP contribution in [0.3, 0.4) is 0 Å². The Bertz CT molecular complexity index is 677. The van der Waals surface area contributed by atoms with E-state index in [9.17, 15) is 9.90 Å². The van der Waals surface area contributed by atoms with Crippen molar-refractivity contribution < 1.29 is 5.11 Å². The molecule has 5 heteroatoms. The van der Waals surface area contributed by atoms with Gasteiger partial charge in [-0.15, -0.1) is 0 Å². The molecular weight excluding hydrogens is 343 g/mol. The van der Waals surface area contributed by atoms with Crippen LogP contribution in [0.4, 0.5) is 0 Å². The fraction of sp³-hybridized carbons (Fsp3) is 0.231. The molecule has 94 valence electrons. The van der Waals surface area contributed by atoms with Gasteiger partial charge in [-0.05, 0) is 66.1 Å². The Morgan fingerprint density at radius 3 is 2.39 bits per heavy atom. The van der Waals surface area contributed by atoms with Crippen molar-refractivity contribution in [2.75, 3.05) is 0 Å². The molecule has 0 saturated heterocycles. The van der Waals surface area contributed by atoms with Crippen molar-refractivity contribution >= 4 is 22.6 Å². The molecule has 4 nitrogen and oxygen atoms in total. The minimum absolute atomic E-state index is 0.206. The van der Waals surface area contributed by atoms with E-state index in [2.05, 4.69) is 9.97 Å². The number of aromatic amines is 1. The van der Waals surface area contributed by atoms with Crippen molar-refractivity contribution in [3.8, 4) is 17.3 Å². The third-order valence-corrected chi connectivity index (χ3v) is 3.91. The lowest BCUT2D eigenvalue weighted by molar-refractivity contribution is 0.447. The first-order valence-electron chi connectivity index (χ1n) is 5.47. The number of aromatic hydroxyl groups is 1. The van der Waals surface area contributed by atoms with Gasteiger partial charge in [-0.3, -0.25) is 4.79 Å². The average molecular weight is 356 g/mol. The Labute approximate surface area is 118 Å². The second-order valence-electron chi connectivity index (χ2n) is 4.30. The molecule has 1 heterocycles. The van der Waals surface area contributed by atoms with Gasteiger partial charge in [0.25, 0.3) is 5.56 Å². The van der Waals surface area contributed by atoms with Gasteiger partial charge in [0.05, 0.1) is 0 Å². The molecule has 0 spiro atoms. The molecule has 0 fully saturated rings. The number of nitrogens with one attached hydrogen (secondary N) is 1. The molecule has 0 unspecified atom stereocenters. The molecule has 2 rings (SSSR count). The zero-order chi connectivity index (χ0) is 13.4. The van der Waals surface area contributed by atoms with Crippen molar-refractivity contribution in [3.05, 3.63) is 42.7 Å². The van der Waals surface area contributed by atoms with E-state index in [4.69, 9.17) is 0 Å². The molecule has 0 atom stereocenters. The molecular formula is C13H13IN2O2. The highest BCUT2D eigenvalue weighted by atomic mass is 127. The second-order valence-corrected chi connectivity index (χ2v) is 5.38. The molecule has 1 aromatic heterocycles. The Hall–Kier alpha value is -1.37. The Morgan fingerprint density at radius 1 is 1.17 bits per heavy atom. The third kappa shape index (κ3) is 2.27. The summed E-state index contributed by atoms with van der Waals surface area (Å²) < 4.78 is 0.206. The predicted octanol–water partition coefficient (Wildman–Crippen LogP) is 2.67. The van der Waals surface area contributed by atoms with Gasteiger partial charge >= 0.3 is 0 Å². The first kappa shape index (κ1) is 13.1. The fourth-order valence-electron chi connectivity index (χ4n) is 1.79. The smallest absolute Gasteiger partial charge is 0.268 e. The van der Waals surface area contributed by atoms with Gasteiger partial charge in [-0.1, -0.05) is 6.07 Å². The van der Waals surface area contributed by atoms with Gasteiger partial charge < -0.3 is 10.1 Å². The summed E-state index contributed by atoms with van der Waals surface area (Å²) in [6.07, 6.45) is 0. The van der Waals surface area contributed by atoms with Crippen LogP contribution in [-0.4, -0.2) is 15.1 Å². The van der Waals surface area contributed by atoms with Crippen molar-refractivity contribution in [2.45, 2.75) is 20.8 Å². The van der Waals surface area contributed by atoms with Crippen LogP contribution in [0.5, 0.6) is 5.88 Å². The van der Waals surface area contributed by atoms with Gasteiger partial charge in [0.15, 0.2) is 0 Å². The Kier molecular flexibility index (Phi) is 3.43. The van der Waals surface area contributed by atoms with Crippen molar-refractivity contribution in [3.63, 3.8) is 0 Å². The van der Waals surface area contributed by atoms with E-state index >= 15 is 0 Å². The van der Waals surface area contributed by atoms with Gasteiger partial charge in [0.1, 0.15) is 9.39 Å². The van der Waals surface area contributed by atoms with Crippen LogP contribution in [0.25, 0.3) is 11.4 Å². The minimum atomic E-state index is -0.323. The number of halogens is 1. The number of H-pyrrole nitrogens is 1. The molecule has 0 aliphatic carbocycles. The summed E-state index contributed by atoms with van der Waals surface area (Å²) in [5.41, 5.74) is 3.84. The number of rotatable bonds is 1. The number of aryl methyl sites for hydroxylation is 3. The topological polar surface area (TPSA) is 66.0 Å². The van der Waals surface area contributed by atoms with Gasteiger partial charge in [-0.25, -0.2) is 0 Å². The number of hydrogen-bond donors (Lipinski definition) is 2. The van der Waals surface area contributed by atoms with Gasteiger partial charge in [0.2, 0.25) is 5.88 Å². The Balaban J connectivity index is 2.70. The van der Waals surface area contributed by atoms with E-state index in [1.807, 2.05) is 32.9 Å². The van der Waals surface area contributed by atoms with E-state index in [1.54, 1.807) is 22.6 Å². The fourth-order valence-corrected chi connectivity index (χ4v) is 2.05. The zero-order valence-electron chi connectivity index (χ0n) is 10.3.